The highest BCUT2D eigenvalue weighted by molar-refractivity contribution is 9.10. The van der Waals surface area contributed by atoms with Gasteiger partial charge in [-0.25, -0.2) is 0 Å². The third-order valence-corrected chi connectivity index (χ3v) is 3.52. The summed E-state index contributed by atoms with van der Waals surface area (Å²) in [6.45, 7) is 1.32. The standard InChI is InChI=1S/C12H16BrNO/c13-10-4-6-11(7-5-10)14-8-2-1-3-12(14)9-15/h4-7,12,15H,1-3,8-9H2. The molecule has 1 N–H and O–H groups in total. The van der Waals surface area contributed by atoms with Gasteiger partial charge in [0.05, 0.1) is 12.6 Å². The van der Waals surface area contributed by atoms with Crippen LogP contribution in [-0.2, 0) is 0 Å². The summed E-state index contributed by atoms with van der Waals surface area (Å²) in [6.07, 6.45) is 3.57. The summed E-state index contributed by atoms with van der Waals surface area (Å²) in [7, 11) is 0. The topological polar surface area (TPSA) is 23.5 Å². The molecule has 0 spiro atoms. The van der Waals surface area contributed by atoms with Crippen molar-refractivity contribution in [2.45, 2.75) is 25.3 Å². The fourth-order valence-electron chi connectivity index (χ4n) is 2.16. The molecule has 1 fully saturated rings. The molecule has 0 aromatic heterocycles. The summed E-state index contributed by atoms with van der Waals surface area (Å²) in [5.41, 5.74) is 1.22. The van der Waals surface area contributed by atoms with E-state index in [1.165, 1.54) is 18.5 Å². The smallest absolute Gasteiger partial charge is 0.0635 e. The molecule has 1 aliphatic heterocycles. The van der Waals surface area contributed by atoms with Crippen molar-refractivity contribution in [3.8, 4) is 0 Å². The third-order valence-electron chi connectivity index (χ3n) is 3.00. The Hall–Kier alpha value is -0.540. The molecule has 1 atom stereocenters. The van der Waals surface area contributed by atoms with Gasteiger partial charge in [0.15, 0.2) is 0 Å². The summed E-state index contributed by atoms with van der Waals surface area (Å²) in [4.78, 5) is 2.32. The number of piperidine rings is 1. The molecule has 2 nitrogen and oxygen atoms in total. The molecule has 0 aliphatic carbocycles. The molecule has 2 rings (SSSR count). The van der Waals surface area contributed by atoms with Crippen LogP contribution in [0.1, 0.15) is 19.3 Å². The van der Waals surface area contributed by atoms with E-state index in [-0.39, 0.29) is 6.61 Å². The Labute approximate surface area is 99.0 Å². The predicted molar refractivity (Wildman–Crippen MR) is 66.2 cm³/mol. The van der Waals surface area contributed by atoms with E-state index in [2.05, 4.69) is 45.1 Å². The lowest BCUT2D eigenvalue weighted by atomic mass is 10.0. The molecule has 0 saturated carbocycles. The van der Waals surface area contributed by atoms with E-state index in [1.54, 1.807) is 0 Å². The van der Waals surface area contributed by atoms with Crippen molar-refractivity contribution in [2.75, 3.05) is 18.1 Å². The van der Waals surface area contributed by atoms with Crippen molar-refractivity contribution in [3.05, 3.63) is 28.7 Å². The average Bonchev–Trinajstić information content (AvgIpc) is 2.30. The maximum Gasteiger partial charge on any atom is 0.0635 e. The first kappa shape index (κ1) is 11.0. The second-order valence-electron chi connectivity index (χ2n) is 4.00. The number of rotatable bonds is 2. The van der Waals surface area contributed by atoms with Crippen LogP contribution >= 0.6 is 15.9 Å². The number of hydrogen-bond acceptors (Lipinski definition) is 2. The fraction of sp³-hybridized carbons (Fsp3) is 0.500. The molecule has 0 bridgehead atoms. The van der Waals surface area contributed by atoms with E-state index in [4.69, 9.17) is 0 Å². The quantitative estimate of drug-likeness (QED) is 0.893. The van der Waals surface area contributed by atoms with Gasteiger partial charge < -0.3 is 10.0 Å². The van der Waals surface area contributed by atoms with Crippen LogP contribution in [0.3, 0.4) is 0 Å². The Morgan fingerprint density at radius 3 is 2.67 bits per heavy atom. The number of hydrogen-bond donors (Lipinski definition) is 1. The summed E-state index contributed by atoms with van der Waals surface area (Å²) < 4.78 is 1.10. The van der Waals surface area contributed by atoms with Crippen LogP contribution in [0.5, 0.6) is 0 Å². The van der Waals surface area contributed by atoms with Crippen LogP contribution in [-0.4, -0.2) is 24.3 Å². The molecule has 1 aliphatic rings. The maximum absolute atomic E-state index is 9.33. The first-order valence-electron chi connectivity index (χ1n) is 5.44. The van der Waals surface area contributed by atoms with Gasteiger partial charge in [0.2, 0.25) is 0 Å². The van der Waals surface area contributed by atoms with Gasteiger partial charge in [0.1, 0.15) is 0 Å². The van der Waals surface area contributed by atoms with E-state index in [0.29, 0.717) is 6.04 Å². The van der Waals surface area contributed by atoms with Crippen molar-refractivity contribution >= 4 is 21.6 Å². The first-order valence-corrected chi connectivity index (χ1v) is 6.23. The van der Waals surface area contributed by atoms with Crippen molar-refractivity contribution < 1.29 is 5.11 Å². The minimum Gasteiger partial charge on any atom is -0.394 e. The number of aliphatic hydroxyl groups is 1. The van der Waals surface area contributed by atoms with Gasteiger partial charge in [0, 0.05) is 16.7 Å². The van der Waals surface area contributed by atoms with E-state index < -0.39 is 0 Å². The highest BCUT2D eigenvalue weighted by atomic mass is 79.9. The van der Waals surface area contributed by atoms with Crippen LogP contribution in [0.4, 0.5) is 5.69 Å². The van der Waals surface area contributed by atoms with E-state index in [1.807, 2.05) is 0 Å². The highest BCUT2D eigenvalue weighted by Crippen LogP contribution is 2.25. The highest BCUT2D eigenvalue weighted by Gasteiger charge is 2.21. The van der Waals surface area contributed by atoms with Gasteiger partial charge in [-0.15, -0.1) is 0 Å². The largest absolute Gasteiger partial charge is 0.394 e. The molecule has 3 heteroatoms. The molecule has 1 aromatic rings. The summed E-state index contributed by atoms with van der Waals surface area (Å²) in [6, 6.07) is 8.63. The molecule has 0 radical (unpaired) electrons. The normalized spacial score (nSPS) is 21.7. The Bertz CT molecular complexity index is 312. The fourth-order valence-corrected chi connectivity index (χ4v) is 2.43. The third kappa shape index (κ3) is 2.52. The van der Waals surface area contributed by atoms with Gasteiger partial charge in [-0.3, -0.25) is 0 Å². The van der Waals surface area contributed by atoms with Crippen LogP contribution in [0.25, 0.3) is 0 Å². The minimum atomic E-state index is 0.260. The summed E-state index contributed by atoms with van der Waals surface area (Å²) in [5, 5.41) is 9.33. The number of anilines is 1. The van der Waals surface area contributed by atoms with Crippen LogP contribution in [0.15, 0.2) is 28.7 Å². The predicted octanol–water partition coefficient (Wildman–Crippen LogP) is 2.80. The number of nitrogens with zero attached hydrogens (tertiary/aromatic N) is 1. The molecule has 1 aromatic carbocycles. The second kappa shape index (κ2) is 4.99. The number of aliphatic hydroxyl groups excluding tert-OH is 1. The zero-order valence-electron chi connectivity index (χ0n) is 8.69. The van der Waals surface area contributed by atoms with Crippen molar-refractivity contribution in [1.82, 2.24) is 0 Å². The minimum absolute atomic E-state index is 0.260. The van der Waals surface area contributed by atoms with Gasteiger partial charge >= 0.3 is 0 Å². The molecule has 1 saturated heterocycles. The Balaban J connectivity index is 2.16. The van der Waals surface area contributed by atoms with Crippen LogP contribution in [0.2, 0.25) is 0 Å². The molecule has 1 heterocycles. The Morgan fingerprint density at radius 1 is 1.27 bits per heavy atom. The summed E-state index contributed by atoms with van der Waals surface area (Å²) >= 11 is 3.43. The Kier molecular flexibility index (Phi) is 3.65. The van der Waals surface area contributed by atoms with E-state index in [0.717, 1.165) is 17.4 Å². The lowest BCUT2D eigenvalue weighted by Gasteiger charge is -2.36. The SMILES string of the molecule is OCC1CCCCN1c1ccc(Br)cc1. The van der Waals surface area contributed by atoms with Gasteiger partial charge in [-0.05, 0) is 43.5 Å². The summed E-state index contributed by atoms with van der Waals surface area (Å²) in [5.74, 6) is 0. The lowest BCUT2D eigenvalue weighted by molar-refractivity contribution is 0.240. The van der Waals surface area contributed by atoms with E-state index >= 15 is 0 Å². The van der Waals surface area contributed by atoms with Gasteiger partial charge in [-0.1, -0.05) is 15.9 Å². The Morgan fingerprint density at radius 2 is 2.00 bits per heavy atom. The first-order chi connectivity index (χ1) is 7.31. The maximum atomic E-state index is 9.33. The van der Waals surface area contributed by atoms with Crippen molar-refractivity contribution in [2.24, 2.45) is 0 Å². The van der Waals surface area contributed by atoms with E-state index in [9.17, 15) is 5.11 Å². The average molecular weight is 270 g/mol. The second-order valence-corrected chi connectivity index (χ2v) is 4.92. The van der Waals surface area contributed by atoms with Crippen molar-refractivity contribution in [3.63, 3.8) is 0 Å². The number of halogens is 1. The zero-order chi connectivity index (χ0) is 10.7. The van der Waals surface area contributed by atoms with Gasteiger partial charge in [0.25, 0.3) is 0 Å². The molecular weight excluding hydrogens is 254 g/mol. The molecule has 82 valence electrons. The van der Waals surface area contributed by atoms with Crippen molar-refractivity contribution in [1.29, 1.82) is 0 Å². The molecule has 1 unspecified atom stereocenters. The molecule has 0 amide bonds. The van der Waals surface area contributed by atoms with Crippen LogP contribution < -0.4 is 4.90 Å². The molecular formula is C12H16BrNO. The monoisotopic (exact) mass is 269 g/mol. The number of benzene rings is 1. The van der Waals surface area contributed by atoms with Crippen LogP contribution in [0, 0.1) is 0 Å². The van der Waals surface area contributed by atoms with Gasteiger partial charge in [-0.2, -0.15) is 0 Å². The zero-order valence-corrected chi connectivity index (χ0v) is 10.3. The molecule has 15 heavy (non-hydrogen) atoms. The lowest BCUT2D eigenvalue weighted by Crippen LogP contribution is -2.41.